The van der Waals surface area contributed by atoms with Gasteiger partial charge in [-0.25, -0.2) is 13.6 Å². The van der Waals surface area contributed by atoms with Gasteiger partial charge in [0.15, 0.2) is 0 Å². The molecule has 15 heavy (non-hydrogen) atoms. The number of likely N-dealkylation sites (N-methyl/N-ethyl adjacent to an activating group) is 1. The van der Waals surface area contributed by atoms with E-state index in [-0.39, 0.29) is 4.90 Å². The van der Waals surface area contributed by atoms with Crippen LogP contribution in [0.5, 0.6) is 0 Å². The lowest BCUT2D eigenvalue weighted by Gasteiger charge is -2.10. The molecule has 1 aromatic carbocycles. The van der Waals surface area contributed by atoms with Crippen LogP contribution in [-0.2, 0) is 10.0 Å². The topological polar surface area (TPSA) is 92.4 Å². The van der Waals surface area contributed by atoms with Crippen LogP contribution in [0, 0.1) is 0 Å². The Hall–Kier alpha value is -0.950. The Balaban J connectivity index is 2.90. The standard InChI is InChI=1S/C9H14N2O3S/c1-11-6-9(12)7-2-4-8(5-3-7)15(10,13)14/h2-5,9,11-12H,6H2,1H3,(H2,10,13,14). The molecule has 6 heteroatoms. The first-order valence-electron chi connectivity index (χ1n) is 4.40. The smallest absolute Gasteiger partial charge is 0.238 e. The second-order valence-corrected chi connectivity index (χ2v) is 4.75. The molecule has 0 saturated carbocycles. The number of aliphatic hydroxyl groups excluding tert-OH is 1. The van der Waals surface area contributed by atoms with Crippen molar-refractivity contribution in [2.45, 2.75) is 11.0 Å². The Kier molecular flexibility index (Phi) is 3.81. The second kappa shape index (κ2) is 4.71. The monoisotopic (exact) mass is 230 g/mol. The van der Waals surface area contributed by atoms with Crippen molar-refractivity contribution in [2.24, 2.45) is 5.14 Å². The maximum atomic E-state index is 10.9. The van der Waals surface area contributed by atoms with Gasteiger partial charge in [-0.1, -0.05) is 12.1 Å². The van der Waals surface area contributed by atoms with Crippen molar-refractivity contribution >= 4 is 10.0 Å². The fraction of sp³-hybridized carbons (Fsp3) is 0.333. The number of nitrogens with one attached hydrogen (secondary N) is 1. The summed E-state index contributed by atoms with van der Waals surface area (Å²) in [7, 11) is -1.93. The summed E-state index contributed by atoms with van der Waals surface area (Å²) < 4.78 is 21.9. The molecule has 0 aliphatic carbocycles. The average Bonchev–Trinajstić information content (AvgIpc) is 2.17. The molecule has 0 radical (unpaired) electrons. The molecule has 0 aromatic heterocycles. The van der Waals surface area contributed by atoms with Crippen LogP contribution in [0.15, 0.2) is 29.2 Å². The van der Waals surface area contributed by atoms with Crippen molar-refractivity contribution in [1.29, 1.82) is 0 Å². The third-order valence-corrected chi connectivity index (χ3v) is 2.92. The van der Waals surface area contributed by atoms with Gasteiger partial charge in [-0.05, 0) is 24.7 Å². The van der Waals surface area contributed by atoms with Crippen molar-refractivity contribution in [3.63, 3.8) is 0 Å². The summed E-state index contributed by atoms with van der Waals surface area (Å²) in [4.78, 5) is 0.0444. The van der Waals surface area contributed by atoms with Gasteiger partial charge < -0.3 is 10.4 Å². The van der Waals surface area contributed by atoms with Gasteiger partial charge in [0.2, 0.25) is 10.0 Å². The Morgan fingerprint density at radius 2 is 1.93 bits per heavy atom. The molecule has 0 heterocycles. The van der Waals surface area contributed by atoms with E-state index in [1.165, 1.54) is 12.1 Å². The van der Waals surface area contributed by atoms with E-state index in [1.54, 1.807) is 19.2 Å². The SMILES string of the molecule is CNCC(O)c1ccc(S(N)(=O)=O)cc1. The number of hydrogen-bond acceptors (Lipinski definition) is 4. The van der Waals surface area contributed by atoms with E-state index in [2.05, 4.69) is 5.32 Å². The summed E-state index contributed by atoms with van der Waals surface area (Å²) >= 11 is 0. The third kappa shape index (κ3) is 3.28. The summed E-state index contributed by atoms with van der Waals surface area (Å²) in [5.41, 5.74) is 0.650. The Morgan fingerprint density at radius 3 is 2.33 bits per heavy atom. The van der Waals surface area contributed by atoms with Crippen LogP contribution in [0.3, 0.4) is 0 Å². The molecule has 1 rings (SSSR count). The zero-order valence-electron chi connectivity index (χ0n) is 8.34. The summed E-state index contributed by atoms with van der Waals surface area (Å²) in [6.07, 6.45) is -0.649. The number of benzene rings is 1. The second-order valence-electron chi connectivity index (χ2n) is 3.19. The molecular weight excluding hydrogens is 216 g/mol. The predicted octanol–water partition coefficient (Wildman–Crippen LogP) is -0.413. The first-order valence-corrected chi connectivity index (χ1v) is 5.95. The fourth-order valence-electron chi connectivity index (χ4n) is 1.19. The highest BCUT2D eigenvalue weighted by atomic mass is 32.2. The normalized spacial score (nSPS) is 13.8. The lowest BCUT2D eigenvalue weighted by Crippen LogP contribution is -2.17. The molecule has 5 nitrogen and oxygen atoms in total. The zero-order valence-corrected chi connectivity index (χ0v) is 9.16. The highest BCUT2D eigenvalue weighted by Gasteiger charge is 2.10. The third-order valence-electron chi connectivity index (χ3n) is 1.99. The number of sulfonamides is 1. The molecule has 0 aliphatic rings. The van der Waals surface area contributed by atoms with Gasteiger partial charge in [-0.15, -0.1) is 0 Å². The van der Waals surface area contributed by atoms with Crippen molar-refractivity contribution in [2.75, 3.05) is 13.6 Å². The van der Waals surface area contributed by atoms with Crippen molar-refractivity contribution in [3.8, 4) is 0 Å². The van der Waals surface area contributed by atoms with Crippen molar-refractivity contribution < 1.29 is 13.5 Å². The summed E-state index contributed by atoms with van der Waals surface area (Å²) in [6, 6.07) is 5.84. The van der Waals surface area contributed by atoms with E-state index in [0.717, 1.165) is 0 Å². The molecule has 1 unspecified atom stereocenters. The minimum absolute atomic E-state index is 0.0444. The van der Waals surface area contributed by atoms with Crippen LogP contribution >= 0.6 is 0 Å². The van der Waals surface area contributed by atoms with E-state index in [0.29, 0.717) is 12.1 Å². The lowest BCUT2D eigenvalue weighted by molar-refractivity contribution is 0.177. The summed E-state index contributed by atoms with van der Waals surface area (Å²) in [5.74, 6) is 0. The molecule has 4 N–H and O–H groups in total. The van der Waals surface area contributed by atoms with Gasteiger partial charge in [0.05, 0.1) is 11.0 Å². The molecule has 1 aromatic rings. The van der Waals surface area contributed by atoms with Crippen molar-refractivity contribution in [3.05, 3.63) is 29.8 Å². The number of primary sulfonamides is 1. The summed E-state index contributed by atoms with van der Waals surface area (Å²) in [5, 5.41) is 17.3. The highest BCUT2D eigenvalue weighted by Crippen LogP contribution is 2.14. The Morgan fingerprint density at radius 1 is 1.40 bits per heavy atom. The van der Waals surface area contributed by atoms with Gasteiger partial charge in [0.1, 0.15) is 0 Å². The van der Waals surface area contributed by atoms with E-state index >= 15 is 0 Å². The molecule has 1 atom stereocenters. The van der Waals surface area contributed by atoms with Crippen LogP contribution in [0.25, 0.3) is 0 Å². The van der Waals surface area contributed by atoms with Crippen LogP contribution in [0.1, 0.15) is 11.7 Å². The Bertz CT molecular complexity index is 413. The Labute approximate surface area is 89.0 Å². The molecule has 0 fully saturated rings. The molecular formula is C9H14N2O3S. The number of rotatable bonds is 4. The van der Waals surface area contributed by atoms with Crippen LogP contribution < -0.4 is 10.5 Å². The largest absolute Gasteiger partial charge is 0.387 e. The van der Waals surface area contributed by atoms with Crippen LogP contribution in [-0.4, -0.2) is 27.1 Å². The average molecular weight is 230 g/mol. The van der Waals surface area contributed by atoms with Crippen LogP contribution in [0.4, 0.5) is 0 Å². The van der Waals surface area contributed by atoms with Gasteiger partial charge in [-0.2, -0.15) is 0 Å². The van der Waals surface area contributed by atoms with Gasteiger partial charge in [0, 0.05) is 6.54 Å². The van der Waals surface area contributed by atoms with Gasteiger partial charge in [0.25, 0.3) is 0 Å². The maximum absolute atomic E-state index is 10.9. The highest BCUT2D eigenvalue weighted by molar-refractivity contribution is 7.89. The maximum Gasteiger partial charge on any atom is 0.238 e. The summed E-state index contributed by atoms with van der Waals surface area (Å²) in [6.45, 7) is 0.411. The van der Waals surface area contributed by atoms with E-state index in [1.807, 2.05) is 0 Å². The molecule has 0 aliphatic heterocycles. The quantitative estimate of drug-likeness (QED) is 0.655. The van der Waals surface area contributed by atoms with E-state index < -0.39 is 16.1 Å². The first kappa shape index (κ1) is 12.1. The molecule has 0 spiro atoms. The van der Waals surface area contributed by atoms with Gasteiger partial charge >= 0.3 is 0 Å². The number of nitrogens with two attached hydrogens (primary N) is 1. The molecule has 0 bridgehead atoms. The predicted molar refractivity (Wildman–Crippen MR) is 56.7 cm³/mol. The van der Waals surface area contributed by atoms with Crippen LogP contribution in [0.2, 0.25) is 0 Å². The molecule has 84 valence electrons. The van der Waals surface area contributed by atoms with Crippen molar-refractivity contribution in [1.82, 2.24) is 5.32 Å². The van der Waals surface area contributed by atoms with E-state index in [9.17, 15) is 13.5 Å². The van der Waals surface area contributed by atoms with Gasteiger partial charge in [-0.3, -0.25) is 0 Å². The molecule has 0 saturated heterocycles. The molecule has 0 amide bonds. The number of aliphatic hydroxyl groups is 1. The first-order chi connectivity index (χ1) is 6.95. The minimum Gasteiger partial charge on any atom is -0.387 e. The fourth-order valence-corrected chi connectivity index (χ4v) is 1.71. The lowest BCUT2D eigenvalue weighted by atomic mass is 10.1. The number of hydrogen-bond donors (Lipinski definition) is 3. The minimum atomic E-state index is -3.65. The van der Waals surface area contributed by atoms with E-state index in [4.69, 9.17) is 5.14 Å². The zero-order chi connectivity index (χ0) is 11.5.